The number of rotatable bonds is 0. The Labute approximate surface area is 98.3 Å². The zero-order chi connectivity index (χ0) is 11.9. The van der Waals surface area contributed by atoms with Gasteiger partial charge < -0.3 is 9.47 Å². The van der Waals surface area contributed by atoms with Crippen molar-refractivity contribution < 1.29 is 9.47 Å². The van der Waals surface area contributed by atoms with E-state index in [4.69, 9.17) is 9.47 Å². The van der Waals surface area contributed by atoms with E-state index in [2.05, 4.69) is 45.0 Å². The highest BCUT2D eigenvalue weighted by Crippen LogP contribution is 2.28. The quantitative estimate of drug-likeness (QED) is 0.671. The maximum atomic E-state index is 5.89. The monoisotopic (exact) mass is 228 g/mol. The zero-order valence-electron chi connectivity index (χ0n) is 11.0. The summed E-state index contributed by atoms with van der Waals surface area (Å²) in [6.07, 6.45) is 0.761. The van der Waals surface area contributed by atoms with E-state index in [1.54, 1.807) is 0 Å². The standard InChI is InChI=1S/C12H24N2O2/c1-8-7-15-10-9(16-8)6-14(5)11(13-10)12(2,3)4/h8-11,13H,6-7H2,1-5H3/t8-,9?,10?,11?/m1/s1. The SMILES string of the molecule is C[C@@H]1COC2NC(C(C)(C)C)N(C)CC2O1. The van der Waals surface area contributed by atoms with Gasteiger partial charge in [0.05, 0.1) is 18.9 Å². The number of likely N-dealkylation sites (N-methyl/N-ethyl adjacent to an activating group) is 1. The highest BCUT2D eigenvalue weighted by molar-refractivity contribution is 4.91. The van der Waals surface area contributed by atoms with Crippen molar-refractivity contribution in [3.63, 3.8) is 0 Å². The average Bonchev–Trinajstić information content (AvgIpc) is 2.14. The average molecular weight is 228 g/mol. The third kappa shape index (κ3) is 2.40. The van der Waals surface area contributed by atoms with Crippen molar-refractivity contribution in [3.05, 3.63) is 0 Å². The molecule has 0 aliphatic carbocycles. The molecule has 4 atom stereocenters. The van der Waals surface area contributed by atoms with Gasteiger partial charge in [-0.1, -0.05) is 20.8 Å². The minimum absolute atomic E-state index is 0.0524. The van der Waals surface area contributed by atoms with Crippen molar-refractivity contribution in [2.24, 2.45) is 5.41 Å². The van der Waals surface area contributed by atoms with E-state index < -0.39 is 0 Å². The molecule has 2 saturated heterocycles. The molecule has 2 aliphatic rings. The van der Waals surface area contributed by atoms with E-state index in [1.165, 1.54) is 0 Å². The van der Waals surface area contributed by atoms with Crippen LogP contribution in [0.2, 0.25) is 0 Å². The van der Waals surface area contributed by atoms with Gasteiger partial charge in [0.1, 0.15) is 12.3 Å². The summed E-state index contributed by atoms with van der Waals surface area (Å²) in [4.78, 5) is 2.32. The van der Waals surface area contributed by atoms with E-state index in [9.17, 15) is 0 Å². The number of nitrogens with one attached hydrogen (secondary N) is 1. The molecular formula is C12H24N2O2. The fourth-order valence-electron chi connectivity index (χ4n) is 2.63. The number of hydrogen-bond donors (Lipinski definition) is 1. The van der Waals surface area contributed by atoms with E-state index in [-0.39, 0.29) is 23.9 Å². The first kappa shape index (κ1) is 12.3. The number of ether oxygens (including phenoxy) is 2. The summed E-state index contributed by atoms with van der Waals surface area (Å²) < 4.78 is 11.7. The van der Waals surface area contributed by atoms with E-state index in [0.717, 1.165) is 6.54 Å². The van der Waals surface area contributed by atoms with E-state index in [0.29, 0.717) is 12.8 Å². The summed E-state index contributed by atoms with van der Waals surface area (Å²) in [6.45, 7) is 10.4. The normalized spacial score (nSPS) is 41.8. The van der Waals surface area contributed by atoms with Crippen molar-refractivity contribution in [1.82, 2.24) is 10.2 Å². The summed E-state index contributed by atoms with van der Waals surface area (Å²) in [5, 5.41) is 3.54. The largest absolute Gasteiger partial charge is 0.367 e. The lowest BCUT2D eigenvalue weighted by molar-refractivity contribution is -0.221. The molecule has 0 aromatic carbocycles. The van der Waals surface area contributed by atoms with Crippen LogP contribution >= 0.6 is 0 Å². The van der Waals surface area contributed by atoms with Gasteiger partial charge in [0, 0.05) is 6.54 Å². The van der Waals surface area contributed by atoms with Crippen LogP contribution in [0.1, 0.15) is 27.7 Å². The van der Waals surface area contributed by atoms with Crippen LogP contribution in [0.15, 0.2) is 0 Å². The molecule has 4 nitrogen and oxygen atoms in total. The van der Waals surface area contributed by atoms with Gasteiger partial charge in [0.2, 0.25) is 0 Å². The Bertz CT molecular complexity index is 252. The molecule has 0 bridgehead atoms. The molecule has 2 aliphatic heterocycles. The van der Waals surface area contributed by atoms with Crippen LogP contribution in [-0.2, 0) is 9.47 Å². The van der Waals surface area contributed by atoms with Crippen LogP contribution in [0.4, 0.5) is 0 Å². The molecule has 0 spiro atoms. The van der Waals surface area contributed by atoms with Gasteiger partial charge in [-0.25, -0.2) is 0 Å². The maximum absolute atomic E-state index is 5.89. The Kier molecular flexibility index (Phi) is 3.27. The van der Waals surface area contributed by atoms with Crippen molar-refractivity contribution in [2.45, 2.75) is 52.3 Å². The van der Waals surface area contributed by atoms with Gasteiger partial charge in [0.15, 0.2) is 0 Å². The fourth-order valence-corrected chi connectivity index (χ4v) is 2.63. The van der Waals surface area contributed by atoms with Crippen molar-refractivity contribution in [2.75, 3.05) is 20.2 Å². The highest BCUT2D eigenvalue weighted by Gasteiger charge is 2.42. The van der Waals surface area contributed by atoms with Crippen LogP contribution in [0.3, 0.4) is 0 Å². The van der Waals surface area contributed by atoms with Gasteiger partial charge in [-0.15, -0.1) is 0 Å². The number of nitrogens with zero attached hydrogens (tertiary/aromatic N) is 1. The third-order valence-electron chi connectivity index (χ3n) is 3.31. The van der Waals surface area contributed by atoms with Crippen LogP contribution in [0.25, 0.3) is 0 Å². The smallest absolute Gasteiger partial charge is 0.137 e. The lowest BCUT2D eigenvalue weighted by atomic mass is 9.89. The molecule has 0 aromatic rings. The van der Waals surface area contributed by atoms with Gasteiger partial charge in [-0.2, -0.15) is 0 Å². The molecule has 2 rings (SSSR count). The van der Waals surface area contributed by atoms with E-state index in [1.807, 2.05) is 0 Å². The first-order chi connectivity index (χ1) is 7.38. The second kappa shape index (κ2) is 4.26. The predicted molar refractivity (Wildman–Crippen MR) is 63.1 cm³/mol. The first-order valence-corrected chi connectivity index (χ1v) is 6.11. The molecule has 3 unspecified atom stereocenters. The van der Waals surface area contributed by atoms with Crippen molar-refractivity contribution in [3.8, 4) is 0 Å². The molecule has 1 N–H and O–H groups in total. The molecule has 0 saturated carbocycles. The van der Waals surface area contributed by atoms with Gasteiger partial charge in [0.25, 0.3) is 0 Å². The first-order valence-electron chi connectivity index (χ1n) is 6.11. The van der Waals surface area contributed by atoms with Crippen LogP contribution < -0.4 is 5.32 Å². The second-order valence-electron chi connectivity index (χ2n) is 6.11. The number of hydrogen-bond acceptors (Lipinski definition) is 4. The second-order valence-corrected chi connectivity index (χ2v) is 6.11. The Hall–Kier alpha value is -0.160. The Morgan fingerprint density at radius 3 is 2.62 bits per heavy atom. The third-order valence-corrected chi connectivity index (χ3v) is 3.31. The summed E-state index contributed by atoms with van der Waals surface area (Å²) in [6, 6.07) is 0. The Morgan fingerprint density at radius 2 is 2.00 bits per heavy atom. The molecule has 2 fully saturated rings. The van der Waals surface area contributed by atoms with Gasteiger partial charge >= 0.3 is 0 Å². The summed E-state index contributed by atoms with van der Waals surface area (Å²) in [5.74, 6) is 0. The molecule has 2 heterocycles. The lowest BCUT2D eigenvalue weighted by Gasteiger charge is -2.50. The molecule has 16 heavy (non-hydrogen) atoms. The van der Waals surface area contributed by atoms with E-state index >= 15 is 0 Å². The van der Waals surface area contributed by atoms with Crippen LogP contribution in [0, 0.1) is 5.41 Å². The summed E-state index contributed by atoms with van der Waals surface area (Å²) >= 11 is 0. The van der Waals surface area contributed by atoms with Crippen molar-refractivity contribution in [1.29, 1.82) is 0 Å². The molecule has 0 aromatic heterocycles. The Balaban J connectivity index is 2.04. The molecule has 0 radical (unpaired) electrons. The van der Waals surface area contributed by atoms with Crippen LogP contribution in [0.5, 0.6) is 0 Å². The zero-order valence-corrected chi connectivity index (χ0v) is 11.0. The number of fused-ring (bicyclic) bond motifs is 1. The topological polar surface area (TPSA) is 33.7 Å². The minimum atomic E-state index is 0.0524. The highest BCUT2D eigenvalue weighted by atomic mass is 16.6. The summed E-state index contributed by atoms with van der Waals surface area (Å²) in [7, 11) is 2.14. The van der Waals surface area contributed by atoms with Crippen molar-refractivity contribution >= 4 is 0 Å². The van der Waals surface area contributed by atoms with Gasteiger partial charge in [-0.3, -0.25) is 10.2 Å². The molecule has 0 amide bonds. The molecule has 94 valence electrons. The minimum Gasteiger partial charge on any atom is -0.367 e. The summed E-state index contributed by atoms with van der Waals surface area (Å²) in [5.41, 5.74) is 0.201. The maximum Gasteiger partial charge on any atom is 0.137 e. The molecular weight excluding hydrogens is 204 g/mol. The fraction of sp³-hybridized carbons (Fsp3) is 1.00. The Morgan fingerprint density at radius 1 is 1.31 bits per heavy atom. The lowest BCUT2D eigenvalue weighted by Crippen LogP contribution is -2.68. The van der Waals surface area contributed by atoms with Gasteiger partial charge in [-0.05, 0) is 19.4 Å². The molecule has 4 heteroatoms. The predicted octanol–water partition coefficient (Wildman–Crippen LogP) is 1.02. The van der Waals surface area contributed by atoms with Crippen LogP contribution in [-0.4, -0.2) is 49.7 Å².